The first-order chi connectivity index (χ1) is 19.0. The van der Waals surface area contributed by atoms with Crippen LogP contribution in [0.15, 0.2) is 51.6 Å². The number of carbonyl (C=O) groups is 1. The lowest BCUT2D eigenvalue weighted by atomic mass is 10.1. The summed E-state index contributed by atoms with van der Waals surface area (Å²) in [6, 6.07) is 7.92. The molecule has 2 aromatic heterocycles. The summed E-state index contributed by atoms with van der Waals surface area (Å²) >= 11 is 0. The van der Waals surface area contributed by atoms with E-state index in [0.717, 1.165) is 36.2 Å². The topological polar surface area (TPSA) is 103 Å². The van der Waals surface area contributed by atoms with Gasteiger partial charge in [0.2, 0.25) is 5.95 Å². The second-order valence-corrected chi connectivity index (χ2v) is 10.5. The van der Waals surface area contributed by atoms with Crippen LogP contribution in [0.4, 0.5) is 19.1 Å². The van der Waals surface area contributed by atoms with Gasteiger partial charge >= 0.3 is 17.8 Å². The average Bonchev–Trinajstić information content (AvgIpc) is 3.62. The quantitative estimate of drug-likeness (QED) is 0.350. The van der Waals surface area contributed by atoms with Gasteiger partial charge in [-0.3, -0.25) is 13.9 Å². The predicted molar refractivity (Wildman–Crippen MR) is 142 cm³/mol. The fraction of sp³-hybridized carbons (Fsp3) is 0.481. The van der Waals surface area contributed by atoms with Crippen LogP contribution in [0.1, 0.15) is 31.9 Å². The molecule has 13 heteroatoms. The van der Waals surface area contributed by atoms with E-state index >= 15 is 0 Å². The van der Waals surface area contributed by atoms with Crippen molar-refractivity contribution in [3.63, 3.8) is 0 Å². The highest BCUT2D eigenvalue weighted by Crippen LogP contribution is 2.33. The average molecular weight is 561 g/mol. The van der Waals surface area contributed by atoms with Gasteiger partial charge in [0.05, 0.1) is 6.54 Å². The lowest BCUT2D eigenvalue weighted by Crippen LogP contribution is -2.42. The van der Waals surface area contributed by atoms with Crippen molar-refractivity contribution < 1.29 is 22.7 Å². The molecule has 3 atom stereocenters. The summed E-state index contributed by atoms with van der Waals surface area (Å²) in [6.45, 7) is 6.00. The lowest BCUT2D eigenvalue weighted by molar-refractivity contribution is -0.206. The van der Waals surface area contributed by atoms with E-state index in [1.807, 2.05) is 19.9 Å². The molecule has 0 saturated carbocycles. The maximum Gasteiger partial charge on any atom is 0.490 e. The Morgan fingerprint density at radius 3 is 2.58 bits per heavy atom. The number of benzene rings is 1. The molecule has 0 unspecified atom stereocenters. The van der Waals surface area contributed by atoms with Gasteiger partial charge in [-0.15, -0.1) is 0 Å². The summed E-state index contributed by atoms with van der Waals surface area (Å²) in [5, 5.41) is 3.40. The van der Waals surface area contributed by atoms with Crippen LogP contribution in [0.25, 0.3) is 11.2 Å². The number of aromatic nitrogens is 4. The van der Waals surface area contributed by atoms with Crippen molar-refractivity contribution in [3.05, 3.63) is 68.4 Å². The molecule has 3 aromatic rings. The van der Waals surface area contributed by atoms with Crippen LogP contribution < -0.4 is 21.5 Å². The Hall–Kier alpha value is -3.87. The van der Waals surface area contributed by atoms with Crippen LogP contribution in [0.2, 0.25) is 0 Å². The minimum absolute atomic E-state index is 0.151. The number of aryl methyl sites for hydroxylation is 1. The molecule has 0 aliphatic carbocycles. The third kappa shape index (κ3) is 5.05. The fourth-order valence-electron chi connectivity index (χ4n) is 5.52. The normalized spacial score (nSPS) is 19.6. The van der Waals surface area contributed by atoms with Crippen LogP contribution in [-0.4, -0.2) is 56.5 Å². The standard InChI is InChI=1S/C27H31F3N6O4/c1-16(2)9-11-35-21-22(32-25(35)34-12-10-18-13-31-14-19(18)34)33(3)26(39)36(23(21)37)15-20(17-7-5-4-6-8-17)40-24(38)27(28,29)30/h4-9,18-20,31H,10-15H2,1-3H3/t18-,19+,20+/m0/s1. The first kappa shape index (κ1) is 27.7. The Labute approximate surface area is 227 Å². The summed E-state index contributed by atoms with van der Waals surface area (Å²) in [5.41, 5.74) is 0.0667. The second kappa shape index (κ2) is 10.6. The Bertz CT molecular complexity index is 1570. The molecule has 0 radical (unpaired) electrons. The second-order valence-electron chi connectivity index (χ2n) is 10.5. The van der Waals surface area contributed by atoms with E-state index in [1.54, 1.807) is 22.8 Å². The van der Waals surface area contributed by atoms with Crippen molar-refractivity contribution in [2.45, 2.75) is 51.7 Å². The zero-order valence-electron chi connectivity index (χ0n) is 22.4. The highest BCUT2D eigenvalue weighted by Gasteiger charge is 2.43. The van der Waals surface area contributed by atoms with Crippen molar-refractivity contribution >= 4 is 23.1 Å². The molecule has 2 fully saturated rings. The van der Waals surface area contributed by atoms with Gasteiger partial charge in [-0.05, 0) is 31.7 Å². The summed E-state index contributed by atoms with van der Waals surface area (Å²) in [5.74, 6) is -1.39. The van der Waals surface area contributed by atoms with E-state index in [9.17, 15) is 27.6 Å². The van der Waals surface area contributed by atoms with E-state index in [1.165, 1.54) is 23.7 Å². The number of nitrogens with one attached hydrogen (secondary N) is 1. The Morgan fingerprint density at radius 1 is 1.18 bits per heavy atom. The van der Waals surface area contributed by atoms with Gasteiger partial charge < -0.3 is 19.5 Å². The number of alkyl halides is 3. The first-order valence-electron chi connectivity index (χ1n) is 13.1. The Balaban J connectivity index is 1.65. The van der Waals surface area contributed by atoms with Gasteiger partial charge in [0, 0.05) is 39.3 Å². The smallest absolute Gasteiger partial charge is 0.449 e. The summed E-state index contributed by atoms with van der Waals surface area (Å²) in [6.07, 6.45) is -3.86. The van der Waals surface area contributed by atoms with Crippen LogP contribution in [-0.2, 0) is 29.7 Å². The molecule has 2 saturated heterocycles. The predicted octanol–water partition coefficient (Wildman–Crippen LogP) is 2.51. The van der Waals surface area contributed by atoms with Gasteiger partial charge in [0.1, 0.15) is 6.10 Å². The SMILES string of the molecule is CC(C)=CCn1c(N2CC[C@H]3CNC[C@H]32)nc2c1c(=O)n(C[C@@H](OC(=O)C(F)(F)F)c1ccccc1)c(=O)n2C. The molecular weight excluding hydrogens is 529 g/mol. The zero-order valence-corrected chi connectivity index (χ0v) is 22.4. The van der Waals surface area contributed by atoms with Crippen molar-refractivity contribution in [1.29, 1.82) is 0 Å². The number of anilines is 1. The molecule has 0 amide bonds. The third-order valence-corrected chi connectivity index (χ3v) is 7.60. The van der Waals surface area contributed by atoms with Crippen LogP contribution in [0.3, 0.4) is 0 Å². The van der Waals surface area contributed by atoms with Crippen molar-refractivity contribution in [2.75, 3.05) is 24.5 Å². The molecule has 10 nitrogen and oxygen atoms in total. The number of allylic oxidation sites excluding steroid dienone is 2. The Morgan fingerprint density at radius 2 is 1.90 bits per heavy atom. The third-order valence-electron chi connectivity index (χ3n) is 7.60. The van der Waals surface area contributed by atoms with Gasteiger partial charge in [-0.1, -0.05) is 42.0 Å². The summed E-state index contributed by atoms with van der Waals surface area (Å²) < 4.78 is 47.9. The van der Waals surface area contributed by atoms with Gasteiger partial charge in [-0.25, -0.2) is 9.59 Å². The molecule has 5 rings (SSSR count). The number of rotatable bonds is 7. The molecule has 2 aliphatic rings. The molecule has 1 aromatic carbocycles. The molecular formula is C27H31F3N6O4. The van der Waals surface area contributed by atoms with Gasteiger partial charge in [0.15, 0.2) is 11.2 Å². The number of esters is 1. The fourth-order valence-corrected chi connectivity index (χ4v) is 5.52. The van der Waals surface area contributed by atoms with Crippen LogP contribution in [0.5, 0.6) is 0 Å². The Kier molecular flexibility index (Phi) is 7.34. The van der Waals surface area contributed by atoms with E-state index in [2.05, 4.69) is 10.2 Å². The van der Waals surface area contributed by atoms with Crippen molar-refractivity contribution in [1.82, 2.24) is 24.0 Å². The summed E-state index contributed by atoms with van der Waals surface area (Å²) in [7, 11) is 1.46. The number of fused-ring (bicyclic) bond motifs is 2. The zero-order chi connectivity index (χ0) is 28.8. The number of nitrogens with zero attached hydrogens (tertiary/aromatic N) is 5. The first-order valence-corrected chi connectivity index (χ1v) is 13.1. The van der Waals surface area contributed by atoms with Gasteiger partial charge in [0.25, 0.3) is 5.56 Å². The summed E-state index contributed by atoms with van der Waals surface area (Å²) in [4.78, 5) is 46.1. The molecule has 0 bridgehead atoms. The maximum absolute atomic E-state index is 13.9. The van der Waals surface area contributed by atoms with Gasteiger partial charge in [-0.2, -0.15) is 18.2 Å². The largest absolute Gasteiger partial charge is 0.490 e. The number of imidazole rings is 1. The van der Waals surface area contributed by atoms with E-state index < -0.39 is 36.0 Å². The highest BCUT2D eigenvalue weighted by atomic mass is 19.4. The number of hydrogen-bond donors (Lipinski definition) is 1. The molecule has 0 spiro atoms. The van der Waals surface area contributed by atoms with E-state index in [4.69, 9.17) is 9.72 Å². The van der Waals surface area contributed by atoms with Crippen LogP contribution >= 0.6 is 0 Å². The molecule has 2 aliphatic heterocycles. The minimum Gasteiger partial charge on any atom is -0.449 e. The van der Waals surface area contributed by atoms with E-state index in [0.29, 0.717) is 18.4 Å². The number of carbonyl (C=O) groups excluding carboxylic acids is 1. The monoisotopic (exact) mass is 560 g/mol. The van der Waals surface area contributed by atoms with Crippen LogP contribution in [0, 0.1) is 5.92 Å². The molecule has 1 N–H and O–H groups in total. The lowest BCUT2D eigenvalue weighted by Gasteiger charge is -2.25. The van der Waals surface area contributed by atoms with E-state index in [-0.39, 0.29) is 22.8 Å². The van der Waals surface area contributed by atoms with Crippen molar-refractivity contribution in [3.8, 4) is 0 Å². The highest BCUT2D eigenvalue weighted by molar-refractivity contribution is 5.76. The molecule has 40 heavy (non-hydrogen) atoms. The number of halogens is 3. The van der Waals surface area contributed by atoms with Crippen molar-refractivity contribution in [2.24, 2.45) is 13.0 Å². The maximum atomic E-state index is 13.9. The minimum atomic E-state index is -5.24. The number of ether oxygens (including phenoxy) is 1. The molecule has 4 heterocycles. The number of hydrogen-bond acceptors (Lipinski definition) is 7. The molecule has 214 valence electrons.